The highest BCUT2D eigenvalue weighted by molar-refractivity contribution is 7.99. The van der Waals surface area contributed by atoms with Gasteiger partial charge in [-0.25, -0.2) is 0 Å². The van der Waals surface area contributed by atoms with Crippen LogP contribution < -0.4 is 5.32 Å². The number of rotatable bonds is 8. The van der Waals surface area contributed by atoms with Crippen molar-refractivity contribution in [1.82, 2.24) is 20.0 Å². The molecule has 0 aliphatic carbocycles. The molecule has 1 aromatic rings. The van der Waals surface area contributed by atoms with Gasteiger partial charge >= 0.3 is 0 Å². The minimum Gasteiger partial charge on any atom is -0.379 e. The number of aromatic nitrogens is 2. The molecule has 6 nitrogen and oxygen atoms in total. The molecule has 2 aliphatic heterocycles. The molecule has 0 saturated carbocycles. The molecule has 0 aromatic carbocycles. The fraction of sp³-hybridized carbons (Fsp3) is 0.810. The molecule has 3 rings (SSSR count). The lowest BCUT2D eigenvalue weighted by Crippen LogP contribution is -2.59. The summed E-state index contributed by atoms with van der Waals surface area (Å²) in [6.45, 7) is 13.8. The molecule has 2 saturated heterocycles. The van der Waals surface area contributed by atoms with Crippen molar-refractivity contribution >= 4 is 17.7 Å². The summed E-state index contributed by atoms with van der Waals surface area (Å²) in [5.74, 6) is 3.00. The normalized spacial score (nSPS) is 23.5. The topological polar surface area (TPSA) is 59.4 Å². The third-order valence-electron chi connectivity index (χ3n) is 6.05. The van der Waals surface area contributed by atoms with Gasteiger partial charge in [0.1, 0.15) is 0 Å². The van der Waals surface area contributed by atoms with Gasteiger partial charge in [0.05, 0.1) is 18.9 Å². The van der Waals surface area contributed by atoms with Gasteiger partial charge in [-0.15, -0.1) is 0 Å². The van der Waals surface area contributed by atoms with Crippen LogP contribution >= 0.6 is 11.8 Å². The molecular formula is C21H36N4O2S. The number of hydrogen-bond donors (Lipinski definition) is 1. The van der Waals surface area contributed by atoms with Crippen molar-refractivity contribution in [3.8, 4) is 0 Å². The third-order valence-corrected chi connectivity index (χ3v) is 7.28. The molecule has 0 bridgehead atoms. The van der Waals surface area contributed by atoms with Gasteiger partial charge in [-0.2, -0.15) is 16.9 Å². The van der Waals surface area contributed by atoms with E-state index in [0.717, 1.165) is 63.7 Å². The fourth-order valence-electron chi connectivity index (χ4n) is 4.34. The Morgan fingerprint density at radius 1 is 1.32 bits per heavy atom. The summed E-state index contributed by atoms with van der Waals surface area (Å²) in [5.41, 5.74) is 3.60. The first-order valence-electron chi connectivity index (χ1n) is 10.6. The number of ether oxygens (including phenoxy) is 1. The Bertz CT molecular complexity index is 662. The van der Waals surface area contributed by atoms with Crippen molar-refractivity contribution in [3.63, 3.8) is 0 Å². The van der Waals surface area contributed by atoms with Gasteiger partial charge in [0.15, 0.2) is 0 Å². The molecule has 1 N–H and O–H groups in total. The molecule has 28 heavy (non-hydrogen) atoms. The zero-order valence-electron chi connectivity index (χ0n) is 17.9. The Kier molecular flexibility index (Phi) is 7.45. The number of nitrogens with zero attached hydrogens (tertiary/aromatic N) is 3. The van der Waals surface area contributed by atoms with E-state index >= 15 is 0 Å². The minimum atomic E-state index is 0.109. The number of nitrogens with one attached hydrogen (secondary N) is 1. The number of amides is 1. The second kappa shape index (κ2) is 9.63. The molecule has 2 fully saturated rings. The number of thioether (sulfide) groups is 1. The summed E-state index contributed by atoms with van der Waals surface area (Å²) in [6, 6.07) is 0. The molecule has 158 valence electrons. The van der Waals surface area contributed by atoms with Crippen LogP contribution in [0.2, 0.25) is 0 Å². The third kappa shape index (κ3) is 5.10. The minimum absolute atomic E-state index is 0.109. The van der Waals surface area contributed by atoms with E-state index in [-0.39, 0.29) is 11.4 Å². The van der Waals surface area contributed by atoms with E-state index in [1.165, 1.54) is 17.0 Å². The molecule has 1 atom stereocenters. The van der Waals surface area contributed by atoms with Crippen LogP contribution in [0, 0.1) is 19.8 Å². The van der Waals surface area contributed by atoms with Gasteiger partial charge in [0.2, 0.25) is 5.91 Å². The number of carbonyl (C=O) groups is 1. The summed E-state index contributed by atoms with van der Waals surface area (Å²) in [4.78, 5) is 15.2. The number of morpholine rings is 1. The van der Waals surface area contributed by atoms with Gasteiger partial charge in [-0.3, -0.25) is 14.4 Å². The Balaban J connectivity index is 1.53. The maximum atomic E-state index is 12.6. The fourth-order valence-corrected chi connectivity index (χ4v) is 5.82. The Morgan fingerprint density at radius 2 is 2.07 bits per heavy atom. The van der Waals surface area contributed by atoms with Gasteiger partial charge in [-0.05, 0) is 43.9 Å². The summed E-state index contributed by atoms with van der Waals surface area (Å²) in [6.07, 6.45) is 2.44. The lowest BCUT2D eigenvalue weighted by Gasteiger charge is -2.43. The van der Waals surface area contributed by atoms with E-state index in [9.17, 15) is 4.79 Å². The van der Waals surface area contributed by atoms with Crippen molar-refractivity contribution in [2.75, 3.05) is 44.4 Å². The average molecular weight is 409 g/mol. The zero-order valence-corrected chi connectivity index (χ0v) is 18.7. The van der Waals surface area contributed by atoms with Crippen LogP contribution in [0.1, 0.15) is 43.6 Å². The SMILES string of the molecule is Cc1nn(CC(C)C)c(C)c1CCC(=O)NCC1(N2CCOCC2)CCSC1. The Hall–Kier alpha value is -1.05. The first-order chi connectivity index (χ1) is 13.4. The van der Waals surface area contributed by atoms with E-state index in [4.69, 9.17) is 4.74 Å². The first-order valence-corrected chi connectivity index (χ1v) is 11.8. The summed E-state index contributed by atoms with van der Waals surface area (Å²) in [7, 11) is 0. The lowest BCUT2D eigenvalue weighted by atomic mass is 9.95. The van der Waals surface area contributed by atoms with Crippen molar-refractivity contribution in [2.24, 2.45) is 5.92 Å². The number of hydrogen-bond acceptors (Lipinski definition) is 5. The average Bonchev–Trinajstić information content (AvgIpc) is 3.25. The highest BCUT2D eigenvalue weighted by atomic mass is 32.2. The highest BCUT2D eigenvalue weighted by Crippen LogP contribution is 2.33. The maximum absolute atomic E-state index is 12.6. The second-order valence-electron chi connectivity index (χ2n) is 8.63. The van der Waals surface area contributed by atoms with Crippen molar-refractivity contribution in [1.29, 1.82) is 0 Å². The molecule has 7 heteroatoms. The van der Waals surface area contributed by atoms with Crippen LogP contribution in [0.4, 0.5) is 0 Å². The molecule has 1 aromatic heterocycles. The largest absolute Gasteiger partial charge is 0.379 e. The molecule has 3 heterocycles. The highest BCUT2D eigenvalue weighted by Gasteiger charge is 2.40. The number of carbonyl (C=O) groups excluding carboxylic acids is 1. The van der Waals surface area contributed by atoms with E-state index in [2.05, 4.69) is 47.7 Å². The molecular weight excluding hydrogens is 372 g/mol. The standard InChI is InChI=1S/C21H36N4O2S/c1-16(2)13-25-18(4)19(17(3)23-25)5-6-20(26)22-14-21(7-12-28-15-21)24-8-10-27-11-9-24/h16H,5-15H2,1-4H3,(H,22,26). The molecule has 1 amide bonds. The van der Waals surface area contributed by atoms with Crippen LogP contribution in [-0.4, -0.2) is 70.5 Å². The predicted molar refractivity (Wildman–Crippen MR) is 115 cm³/mol. The second-order valence-corrected chi connectivity index (χ2v) is 9.73. The Labute approximate surface area is 173 Å². The number of aryl methyl sites for hydroxylation is 1. The van der Waals surface area contributed by atoms with Crippen LogP contribution in [0.3, 0.4) is 0 Å². The van der Waals surface area contributed by atoms with Gasteiger partial charge < -0.3 is 10.1 Å². The van der Waals surface area contributed by atoms with E-state index in [1.54, 1.807) is 0 Å². The molecule has 2 aliphatic rings. The van der Waals surface area contributed by atoms with Crippen molar-refractivity contribution in [2.45, 2.75) is 59.0 Å². The summed E-state index contributed by atoms with van der Waals surface area (Å²) >= 11 is 2.00. The quantitative estimate of drug-likeness (QED) is 0.716. The van der Waals surface area contributed by atoms with Crippen LogP contribution in [0.5, 0.6) is 0 Å². The van der Waals surface area contributed by atoms with Crippen LogP contribution in [0.15, 0.2) is 0 Å². The molecule has 0 spiro atoms. The smallest absolute Gasteiger partial charge is 0.220 e. The van der Waals surface area contributed by atoms with Crippen molar-refractivity contribution in [3.05, 3.63) is 17.0 Å². The van der Waals surface area contributed by atoms with Crippen LogP contribution in [-0.2, 0) is 22.5 Å². The predicted octanol–water partition coefficient (Wildman–Crippen LogP) is 2.41. The van der Waals surface area contributed by atoms with Gasteiger partial charge in [0.25, 0.3) is 0 Å². The van der Waals surface area contributed by atoms with E-state index in [0.29, 0.717) is 12.3 Å². The maximum Gasteiger partial charge on any atom is 0.220 e. The van der Waals surface area contributed by atoms with E-state index < -0.39 is 0 Å². The Morgan fingerprint density at radius 3 is 2.71 bits per heavy atom. The van der Waals surface area contributed by atoms with E-state index in [1.807, 2.05) is 11.8 Å². The monoisotopic (exact) mass is 408 g/mol. The summed E-state index contributed by atoms with van der Waals surface area (Å²) < 4.78 is 7.62. The zero-order chi connectivity index (χ0) is 20.1. The van der Waals surface area contributed by atoms with Gasteiger partial charge in [-0.1, -0.05) is 13.8 Å². The lowest BCUT2D eigenvalue weighted by molar-refractivity contribution is -0.121. The molecule has 0 radical (unpaired) electrons. The first kappa shape index (κ1) is 21.7. The van der Waals surface area contributed by atoms with Gasteiger partial charge in [0, 0.05) is 49.6 Å². The van der Waals surface area contributed by atoms with Crippen molar-refractivity contribution < 1.29 is 9.53 Å². The summed E-state index contributed by atoms with van der Waals surface area (Å²) in [5, 5.41) is 7.92. The molecule has 1 unspecified atom stereocenters. The van der Waals surface area contributed by atoms with Crippen LogP contribution in [0.25, 0.3) is 0 Å².